The van der Waals surface area contributed by atoms with E-state index in [0.717, 1.165) is 23.1 Å². The minimum Gasteiger partial charge on any atom is -0.494 e. The molecule has 0 unspecified atom stereocenters. The molecule has 172 valence electrons. The fraction of sp³-hybridized carbons (Fsp3) is 0.250. The van der Waals surface area contributed by atoms with Crippen LogP contribution in [0, 0.1) is 5.41 Å². The molecule has 5 rings (SSSR count). The molecule has 0 N–H and O–H groups in total. The van der Waals surface area contributed by atoms with Gasteiger partial charge in [-0.05, 0) is 41.7 Å². The first-order valence-corrected chi connectivity index (χ1v) is 12.2. The molecule has 0 saturated carbocycles. The first-order chi connectivity index (χ1) is 16.4. The quantitative estimate of drug-likeness (QED) is 0.356. The molecule has 1 spiro atoms. The maximum absolute atomic E-state index is 6.35. The molecule has 0 fully saturated rings. The summed E-state index contributed by atoms with van der Waals surface area (Å²) in [5, 5.41) is 0. The lowest BCUT2D eigenvalue weighted by Gasteiger charge is -2.34. The van der Waals surface area contributed by atoms with Crippen LogP contribution in [0.3, 0.4) is 0 Å². The van der Waals surface area contributed by atoms with Crippen molar-refractivity contribution in [2.24, 2.45) is 5.41 Å². The Morgan fingerprint density at radius 2 is 1.24 bits per heavy atom. The molecule has 2 nitrogen and oxygen atoms in total. The number of hydrogen-bond donors (Lipinski definition) is 0. The van der Waals surface area contributed by atoms with Crippen molar-refractivity contribution in [3.8, 4) is 0 Å². The number of allylic oxidation sites excluding steroid dienone is 5. The van der Waals surface area contributed by atoms with Gasteiger partial charge in [0.05, 0.1) is 27.7 Å². The SMILES string of the molecule is CCOC1=C(c2ccccc2)[C@@]2(CC(c3ccccc3)=C([N+](C)(C)C)C2)C(c2ccccc2)=C1. The zero-order chi connectivity index (χ0) is 23.8. The molecule has 0 aliphatic heterocycles. The van der Waals surface area contributed by atoms with Crippen molar-refractivity contribution >= 4 is 16.7 Å². The van der Waals surface area contributed by atoms with Gasteiger partial charge in [-0.15, -0.1) is 0 Å². The summed E-state index contributed by atoms with van der Waals surface area (Å²) >= 11 is 0. The molecule has 1 atom stereocenters. The van der Waals surface area contributed by atoms with Gasteiger partial charge in [0.15, 0.2) is 0 Å². The molecule has 0 bridgehead atoms. The molecule has 2 aliphatic rings. The highest BCUT2D eigenvalue weighted by atomic mass is 16.5. The lowest BCUT2D eigenvalue weighted by Crippen LogP contribution is -2.34. The maximum Gasteiger partial charge on any atom is 0.124 e. The van der Waals surface area contributed by atoms with E-state index in [1.54, 1.807) is 0 Å². The molecular formula is C32H34NO+. The predicted molar refractivity (Wildman–Crippen MR) is 142 cm³/mol. The van der Waals surface area contributed by atoms with Gasteiger partial charge in [0.25, 0.3) is 0 Å². The minimum absolute atomic E-state index is 0.167. The second kappa shape index (κ2) is 8.77. The van der Waals surface area contributed by atoms with Gasteiger partial charge in [0.2, 0.25) is 0 Å². The van der Waals surface area contributed by atoms with Crippen LogP contribution in [-0.2, 0) is 4.74 Å². The Balaban J connectivity index is 1.75. The fourth-order valence-corrected chi connectivity index (χ4v) is 5.76. The third-order valence-corrected chi connectivity index (χ3v) is 7.19. The first kappa shape index (κ1) is 22.4. The highest BCUT2D eigenvalue weighted by Crippen LogP contribution is 2.64. The molecular weight excluding hydrogens is 414 g/mol. The molecule has 2 heteroatoms. The van der Waals surface area contributed by atoms with Gasteiger partial charge in [-0.25, -0.2) is 0 Å². The van der Waals surface area contributed by atoms with Crippen molar-refractivity contribution < 1.29 is 9.22 Å². The average Bonchev–Trinajstić information content (AvgIpc) is 3.40. The van der Waals surface area contributed by atoms with Crippen LogP contribution in [0.4, 0.5) is 0 Å². The van der Waals surface area contributed by atoms with E-state index in [1.807, 2.05) is 0 Å². The molecule has 0 saturated heterocycles. The number of rotatable bonds is 6. The van der Waals surface area contributed by atoms with Gasteiger partial charge in [-0.2, -0.15) is 0 Å². The smallest absolute Gasteiger partial charge is 0.124 e. The molecule has 0 radical (unpaired) electrons. The summed E-state index contributed by atoms with van der Waals surface area (Å²) in [6.07, 6.45) is 4.26. The van der Waals surface area contributed by atoms with Crippen molar-refractivity contribution in [2.45, 2.75) is 19.8 Å². The summed E-state index contributed by atoms with van der Waals surface area (Å²) in [6, 6.07) is 32.7. The van der Waals surface area contributed by atoms with Gasteiger partial charge in [-0.3, -0.25) is 0 Å². The van der Waals surface area contributed by atoms with E-state index in [-0.39, 0.29) is 5.41 Å². The maximum atomic E-state index is 6.35. The normalized spacial score (nSPS) is 20.3. The van der Waals surface area contributed by atoms with Crippen LogP contribution in [-0.4, -0.2) is 32.2 Å². The Hall–Kier alpha value is -3.36. The molecule has 34 heavy (non-hydrogen) atoms. The van der Waals surface area contributed by atoms with E-state index >= 15 is 0 Å². The standard InChI is InChI=1S/C32H34NO/c1-5-34-30-21-28(25-17-11-7-12-18-25)32(31(30)26-19-13-8-14-20-26)22-27(24-15-9-6-10-16-24)29(23-32)33(2,3)4/h6-21H,5,22-23H2,1-4H3/q+1/t32-/m1/s1. The van der Waals surface area contributed by atoms with Gasteiger partial charge in [0.1, 0.15) is 11.5 Å². The monoisotopic (exact) mass is 448 g/mol. The summed E-state index contributed by atoms with van der Waals surface area (Å²) in [4.78, 5) is 0. The number of ether oxygens (including phenoxy) is 1. The predicted octanol–water partition coefficient (Wildman–Crippen LogP) is 7.43. The Morgan fingerprint density at radius 1 is 0.706 bits per heavy atom. The Kier molecular flexibility index (Phi) is 5.79. The van der Waals surface area contributed by atoms with Crippen LogP contribution < -0.4 is 0 Å². The van der Waals surface area contributed by atoms with Gasteiger partial charge in [0, 0.05) is 23.0 Å². The topological polar surface area (TPSA) is 9.23 Å². The van der Waals surface area contributed by atoms with Crippen molar-refractivity contribution in [1.82, 2.24) is 0 Å². The van der Waals surface area contributed by atoms with E-state index in [2.05, 4.69) is 125 Å². The van der Waals surface area contributed by atoms with Crippen molar-refractivity contribution in [1.29, 1.82) is 0 Å². The summed E-state index contributed by atoms with van der Waals surface area (Å²) < 4.78 is 7.17. The molecule has 2 aliphatic carbocycles. The number of quaternary nitrogens is 1. The van der Waals surface area contributed by atoms with Crippen LogP contribution in [0.15, 0.2) is 109 Å². The molecule has 0 amide bonds. The van der Waals surface area contributed by atoms with Crippen molar-refractivity contribution in [3.05, 3.63) is 125 Å². The first-order valence-electron chi connectivity index (χ1n) is 12.2. The zero-order valence-corrected chi connectivity index (χ0v) is 20.7. The Labute approximate surface area is 204 Å². The lowest BCUT2D eigenvalue weighted by atomic mass is 9.69. The van der Waals surface area contributed by atoms with E-state index < -0.39 is 0 Å². The van der Waals surface area contributed by atoms with Crippen molar-refractivity contribution in [3.63, 3.8) is 0 Å². The van der Waals surface area contributed by atoms with Crippen molar-refractivity contribution in [2.75, 3.05) is 27.7 Å². The van der Waals surface area contributed by atoms with Gasteiger partial charge in [-0.1, -0.05) is 91.0 Å². The van der Waals surface area contributed by atoms with Crippen LogP contribution in [0.5, 0.6) is 0 Å². The van der Waals surface area contributed by atoms with Crippen LogP contribution in [0.25, 0.3) is 16.7 Å². The fourth-order valence-electron chi connectivity index (χ4n) is 5.76. The lowest BCUT2D eigenvalue weighted by molar-refractivity contribution is -0.832. The Morgan fingerprint density at radius 3 is 1.76 bits per heavy atom. The number of nitrogens with zero attached hydrogens (tertiary/aromatic N) is 1. The zero-order valence-electron chi connectivity index (χ0n) is 20.7. The summed E-state index contributed by atoms with van der Waals surface area (Å²) in [6.45, 7) is 2.73. The van der Waals surface area contributed by atoms with E-state index in [0.29, 0.717) is 6.61 Å². The van der Waals surface area contributed by atoms with Crippen LogP contribution in [0.2, 0.25) is 0 Å². The second-order valence-electron chi connectivity index (χ2n) is 10.2. The third-order valence-electron chi connectivity index (χ3n) is 7.19. The highest BCUT2D eigenvalue weighted by molar-refractivity contribution is 5.98. The average molecular weight is 449 g/mol. The third kappa shape index (κ3) is 3.82. The molecule has 0 aromatic heterocycles. The Bertz CT molecular complexity index is 1260. The molecule has 0 heterocycles. The van der Waals surface area contributed by atoms with Crippen LogP contribution >= 0.6 is 0 Å². The van der Waals surface area contributed by atoms with E-state index in [4.69, 9.17) is 4.74 Å². The largest absolute Gasteiger partial charge is 0.494 e. The minimum atomic E-state index is -0.167. The van der Waals surface area contributed by atoms with E-state index in [9.17, 15) is 0 Å². The molecule has 3 aromatic carbocycles. The second-order valence-corrected chi connectivity index (χ2v) is 10.2. The number of benzene rings is 3. The van der Waals surface area contributed by atoms with E-state index in [1.165, 1.54) is 39.1 Å². The summed E-state index contributed by atoms with van der Waals surface area (Å²) in [7, 11) is 6.90. The summed E-state index contributed by atoms with van der Waals surface area (Å²) in [5.74, 6) is 1.02. The van der Waals surface area contributed by atoms with Crippen LogP contribution in [0.1, 0.15) is 36.5 Å². The van der Waals surface area contributed by atoms with Gasteiger partial charge < -0.3 is 9.22 Å². The van der Waals surface area contributed by atoms with Gasteiger partial charge >= 0.3 is 0 Å². The highest BCUT2D eigenvalue weighted by Gasteiger charge is 2.53. The number of hydrogen-bond acceptors (Lipinski definition) is 1. The summed E-state index contributed by atoms with van der Waals surface area (Å²) in [5.41, 5.74) is 9.33. The molecule has 3 aromatic rings.